The van der Waals surface area contributed by atoms with E-state index in [4.69, 9.17) is 10.5 Å². The number of hydrogen-bond acceptors (Lipinski definition) is 6. The quantitative estimate of drug-likeness (QED) is 0.207. The molecule has 8 heteroatoms. The zero-order valence-electron chi connectivity index (χ0n) is 23.8. The van der Waals surface area contributed by atoms with E-state index in [0.29, 0.717) is 47.5 Å². The summed E-state index contributed by atoms with van der Waals surface area (Å²) in [6, 6.07) is 23.5. The number of amides is 1. The van der Waals surface area contributed by atoms with Gasteiger partial charge in [0, 0.05) is 23.2 Å². The van der Waals surface area contributed by atoms with Crippen LogP contribution in [-0.4, -0.2) is 41.5 Å². The van der Waals surface area contributed by atoms with Crippen molar-refractivity contribution < 1.29 is 33.2 Å². The number of rotatable bonds is 8. The van der Waals surface area contributed by atoms with Crippen LogP contribution in [0.15, 0.2) is 66.7 Å². The van der Waals surface area contributed by atoms with Crippen molar-refractivity contribution in [1.82, 2.24) is 9.88 Å². The Labute approximate surface area is 249 Å². The average Bonchev–Trinajstić information content (AvgIpc) is 2.93. The molecular formula is C32H35LiN4O3-2. The topological polar surface area (TPSA) is 97.5 Å². The van der Waals surface area contributed by atoms with Gasteiger partial charge in [0.2, 0.25) is 0 Å². The van der Waals surface area contributed by atoms with Gasteiger partial charge in [0.05, 0.1) is 23.5 Å². The molecule has 4 aromatic rings. The molecule has 0 bridgehead atoms. The number of ether oxygens (including phenoxy) is 1. The van der Waals surface area contributed by atoms with Crippen LogP contribution in [0.25, 0.3) is 10.9 Å². The molecular weight excluding hydrogens is 495 g/mol. The molecule has 0 aliphatic heterocycles. The number of carbonyl (C=O) groups is 2. The fraction of sp³-hybridized carbons (Fsp3) is 0.219. The number of aromatic nitrogens is 1. The van der Waals surface area contributed by atoms with Gasteiger partial charge in [-0.3, -0.25) is 9.78 Å². The number of carbonyl (C=O) groups excluding carboxylic acids is 2. The number of nitrogens with zero attached hydrogens (tertiary/aromatic N) is 2. The summed E-state index contributed by atoms with van der Waals surface area (Å²) in [6.45, 7) is 15.3. The number of pyridine rings is 1. The molecule has 0 spiro atoms. The van der Waals surface area contributed by atoms with Crippen molar-refractivity contribution in [2.45, 2.75) is 27.3 Å². The van der Waals surface area contributed by atoms with Crippen LogP contribution < -0.4 is 29.9 Å². The molecule has 0 saturated heterocycles. The molecule has 0 radical (unpaired) electrons. The second-order valence-corrected chi connectivity index (χ2v) is 8.90. The molecule has 0 fully saturated rings. The van der Waals surface area contributed by atoms with Crippen LogP contribution >= 0.6 is 0 Å². The molecule has 0 atom stereocenters. The van der Waals surface area contributed by atoms with E-state index in [-0.39, 0.29) is 42.6 Å². The number of anilines is 2. The minimum Gasteiger partial charge on any atom is -0.462 e. The van der Waals surface area contributed by atoms with Crippen molar-refractivity contribution in [1.29, 1.82) is 0 Å². The maximum absolute atomic E-state index is 13.0. The van der Waals surface area contributed by atoms with Gasteiger partial charge in [-0.25, -0.2) is 4.79 Å². The van der Waals surface area contributed by atoms with Crippen molar-refractivity contribution in [3.63, 3.8) is 0 Å². The van der Waals surface area contributed by atoms with E-state index in [9.17, 15) is 9.59 Å². The standard InChI is InChI=1S/C25H28N4O3.C7H7.Li/c1-5-29(6-2)15-17-10-8-9-11-19(17)24(30)28-18-12-13-21-20(14-18)23(26)22(16(4)27-21)25(31)32-7-3;1-7-5-3-2-4-6-7;/h8-14H,1-2,5-7,15H2,3-4H3,(H2,26,27)(H,28,30);3-6H,1H3;/q-2;-1;+1. The summed E-state index contributed by atoms with van der Waals surface area (Å²) in [5, 5.41) is 3.50. The van der Waals surface area contributed by atoms with Crippen molar-refractivity contribution in [3.8, 4) is 0 Å². The SMILES string of the molecule is Cc1cc[c-]cc1.[CH2-]CN(C[CH2-])Cc1ccccc1C(=O)Nc1ccc2nc(C)c(C(=O)OCC)c(N)c2c1.[Li+]. The number of esters is 1. The maximum atomic E-state index is 13.0. The van der Waals surface area contributed by atoms with Gasteiger partial charge in [-0.1, -0.05) is 25.1 Å². The monoisotopic (exact) mass is 530 g/mol. The van der Waals surface area contributed by atoms with Crippen LogP contribution in [0.1, 0.15) is 44.5 Å². The first-order chi connectivity index (χ1) is 18.8. The number of hydrogen-bond donors (Lipinski definition) is 2. The number of benzene rings is 3. The van der Waals surface area contributed by atoms with Gasteiger partial charge in [0.15, 0.2) is 0 Å². The molecule has 0 saturated carbocycles. The summed E-state index contributed by atoms with van der Waals surface area (Å²) in [5.41, 5.74) is 11.3. The van der Waals surface area contributed by atoms with Gasteiger partial charge in [0.1, 0.15) is 5.56 Å². The Morgan fingerprint density at radius 3 is 2.33 bits per heavy atom. The van der Waals surface area contributed by atoms with E-state index in [1.165, 1.54) is 5.56 Å². The Balaban J connectivity index is 0.000000610. The minimum atomic E-state index is -0.513. The molecule has 0 unspecified atom stereocenters. The third-order valence-electron chi connectivity index (χ3n) is 6.12. The van der Waals surface area contributed by atoms with Crippen LogP contribution in [0.2, 0.25) is 0 Å². The van der Waals surface area contributed by atoms with Gasteiger partial charge < -0.3 is 34.5 Å². The number of nitrogen functional groups attached to an aromatic ring is 1. The predicted octanol–water partition coefficient (Wildman–Crippen LogP) is 2.82. The van der Waals surface area contributed by atoms with Crippen LogP contribution in [0, 0.1) is 33.8 Å². The van der Waals surface area contributed by atoms with E-state index in [1.54, 1.807) is 38.1 Å². The summed E-state index contributed by atoms with van der Waals surface area (Å²) in [6.07, 6.45) is 0. The largest absolute Gasteiger partial charge is 1.00 e. The first-order valence-corrected chi connectivity index (χ1v) is 12.8. The summed E-state index contributed by atoms with van der Waals surface area (Å²) >= 11 is 0. The van der Waals surface area contributed by atoms with E-state index >= 15 is 0 Å². The Hall–Kier alpha value is -3.63. The molecule has 40 heavy (non-hydrogen) atoms. The van der Waals surface area contributed by atoms with Crippen molar-refractivity contribution in [3.05, 3.63) is 115 Å². The first kappa shape index (κ1) is 32.6. The Morgan fingerprint density at radius 2 is 1.73 bits per heavy atom. The van der Waals surface area contributed by atoms with Gasteiger partial charge in [-0.05, 0) is 43.7 Å². The van der Waals surface area contributed by atoms with Gasteiger partial charge in [0.25, 0.3) is 5.91 Å². The van der Waals surface area contributed by atoms with Crippen molar-refractivity contribution in [2.24, 2.45) is 0 Å². The predicted molar refractivity (Wildman–Crippen MR) is 157 cm³/mol. The molecule has 1 heterocycles. The smallest absolute Gasteiger partial charge is 0.462 e. The summed E-state index contributed by atoms with van der Waals surface area (Å²) in [4.78, 5) is 31.9. The van der Waals surface area contributed by atoms with E-state index in [0.717, 1.165) is 5.56 Å². The Bertz CT molecular complexity index is 1420. The molecule has 4 rings (SSSR count). The molecule has 1 aromatic heterocycles. The fourth-order valence-electron chi connectivity index (χ4n) is 4.01. The van der Waals surface area contributed by atoms with Crippen LogP contribution in [0.4, 0.5) is 11.4 Å². The fourth-order valence-corrected chi connectivity index (χ4v) is 4.01. The maximum Gasteiger partial charge on any atom is 1.00 e. The van der Waals surface area contributed by atoms with Gasteiger partial charge >= 0.3 is 24.8 Å². The number of nitrogens with one attached hydrogen (secondary N) is 1. The van der Waals surface area contributed by atoms with Crippen molar-refractivity contribution in [2.75, 3.05) is 30.7 Å². The molecule has 1 amide bonds. The second kappa shape index (κ2) is 15.8. The Morgan fingerprint density at radius 1 is 1.05 bits per heavy atom. The number of aryl methyl sites for hydroxylation is 2. The average molecular weight is 531 g/mol. The zero-order chi connectivity index (χ0) is 28.4. The summed E-state index contributed by atoms with van der Waals surface area (Å²) in [5.74, 6) is -0.752. The van der Waals surface area contributed by atoms with Crippen LogP contribution in [0.5, 0.6) is 0 Å². The second-order valence-electron chi connectivity index (χ2n) is 8.90. The summed E-state index contributed by atoms with van der Waals surface area (Å²) in [7, 11) is 0. The first-order valence-electron chi connectivity index (χ1n) is 12.8. The zero-order valence-corrected chi connectivity index (χ0v) is 23.8. The molecule has 0 aliphatic carbocycles. The summed E-state index contributed by atoms with van der Waals surface area (Å²) < 4.78 is 5.11. The Kier molecular flexibility index (Phi) is 12.9. The minimum absolute atomic E-state index is 0. The van der Waals surface area contributed by atoms with Gasteiger partial charge in [-0.2, -0.15) is 35.9 Å². The van der Waals surface area contributed by atoms with E-state index in [2.05, 4.69) is 37.1 Å². The third-order valence-corrected chi connectivity index (χ3v) is 6.12. The third kappa shape index (κ3) is 8.43. The molecule has 7 nitrogen and oxygen atoms in total. The molecule has 3 N–H and O–H groups in total. The van der Waals surface area contributed by atoms with Gasteiger partial charge in [-0.15, -0.1) is 13.1 Å². The van der Waals surface area contributed by atoms with E-state index in [1.807, 2.05) is 47.4 Å². The normalized spacial score (nSPS) is 10.3. The molecule has 204 valence electrons. The van der Waals surface area contributed by atoms with Crippen LogP contribution in [0.3, 0.4) is 0 Å². The van der Waals surface area contributed by atoms with Crippen molar-refractivity contribution >= 4 is 34.2 Å². The number of nitrogens with two attached hydrogens (primary N) is 1. The molecule has 3 aromatic carbocycles. The van der Waals surface area contributed by atoms with E-state index < -0.39 is 5.97 Å². The molecule has 0 aliphatic rings. The van der Waals surface area contributed by atoms with Crippen LogP contribution in [-0.2, 0) is 11.3 Å². The number of fused-ring (bicyclic) bond motifs is 1.